The van der Waals surface area contributed by atoms with Crippen LogP contribution in [-0.4, -0.2) is 21.6 Å². The average Bonchev–Trinajstić information content (AvgIpc) is 2.97. The molecule has 0 spiro atoms. The summed E-state index contributed by atoms with van der Waals surface area (Å²) in [4.78, 5) is 0. The van der Waals surface area contributed by atoms with Crippen LogP contribution in [0.4, 0.5) is 11.9 Å². The smallest absolute Gasteiger partial charge is 0.231 e. The second-order valence-corrected chi connectivity index (χ2v) is 3.95. The number of rotatable bonds is 3. The van der Waals surface area contributed by atoms with E-state index in [2.05, 4.69) is 15.5 Å². The molecule has 0 unspecified atom stereocenters. The molecule has 0 amide bonds. The van der Waals surface area contributed by atoms with Gasteiger partial charge in [0, 0.05) is 19.2 Å². The van der Waals surface area contributed by atoms with Crippen molar-refractivity contribution in [1.82, 2.24) is 14.8 Å². The van der Waals surface area contributed by atoms with E-state index in [1.54, 1.807) is 11.6 Å². The highest BCUT2D eigenvalue weighted by molar-refractivity contribution is 5.49. The zero-order chi connectivity index (χ0) is 12.5. The van der Waals surface area contributed by atoms with Crippen LogP contribution in [0.15, 0.2) is 18.2 Å². The Morgan fingerprint density at radius 2 is 2.28 bits per heavy atom. The Balaban J connectivity index is 1.78. The standard InChI is InChI=1S/C11H13N5O2/c1-16-10(12)14-15-11(16)13-5-7-3-2-4-8-9(7)18-6-17-8/h2-4H,5-6H2,1H3,(H2,12,14)(H,13,15). The van der Waals surface area contributed by atoms with Crippen LogP contribution in [0.5, 0.6) is 11.5 Å². The Hall–Kier alpha value is -2.44. The first-order valence-electron chi connectivity index (χ1n) is 5.52. The molecule has 0 aliphatic carbocycles. The zero-order valence-corrected chi connectivity index (χ0v) is 9.88. The molecule has 0 saturated heterocycles. The van der Waals surface area contributed by atoms with Crippen molar-refractivity contribution in [2.45, 2.75) is 6.54 Å². The molecule has 1 aromatic carbocycles. The average molecular weight is 247 g/mol. The molecule has 1 aliphatic rings. The fourth-order valence-electron chi connectivity index (χ4n) is 1.80. The Kier molecular flexibility index (Phi) is 2.44. The van der Waals surface area contributed by atoms with Crippen molar-refractivity contribution in [1.29, 1.82) is 0 Å². The number of nitrogens with zero attached hydrogens (tertiary/aromatic N) is 3. The minimum Gasteiger partial charge on any atom is -0.454 e. The number of nitrogens with two attached hydrogens (primary N) is 1. The summed E-state index contributed by atoms with van der Waals surface area (Å²) in [5, 5.41) is 10.9. The quantitative estimate of drug-likeness (QED) is 0.831. The minimum absolute atomic E-state index is 0.267. The molecule has 0 bridgehead atoms. The highest BCUT2D eigenvalue weighted by Crippen LogP contribution is 2.35. The van der Waals surface area contributed by atoms with Crippen LogP contribution in [0.3, 0.4) is 0 Å². The molecule has 0 radical (unpaired) electrons. The van der Waals surface area contributed by atoms with Crippen molar-refractivity contribution < 1.29 is 9.47 Å². The molecule has 7 nitrogen and oxygen atoms in total. The van der Waals surface area contributed by atoms with Gasteiger partial charge in [0.15, 0.2) is 11.5 Å². The number of fused-ring (bicyclic) bond motifs is 1. The van der Waals surface area contributed by atoms with Crippen LogP contribution in [-0.2, 0) is 13.6 Å². The molecule has 7 heteroatoms. The lowest BCUT2D eigenvalue weighted by Gasteiger charge is -2.07. The van der Waals surface area contributed by atoms with Gasteiger partial charge in [-0.15, -0.1) is 10.2 Å². The van der Waals surface area contributed by atoms with E-state index in [-0.39, 0.29) is 6.79 Å². The Morgan fingerprint density at radius 1 is 1.39 bits per heavy atom. The highest BCUT2D eigenvalue weighted by Gasteiger charge is 2.17. The number of hydrogen-bond donors (Lipinski definition) is 2. The molecule has 18 heavy (non-hydrogen) atoms. The maximum Gasteiger partial charge on any atom is 0.231 e. The van der Waals surface area contributed by atoms with Gasteiger partial charge in [0.1, 0.15) is 0 Å². The molecule has 0 atom stereocenters. The van der Waals surface area contributed by atoms with E-state index in [4.69, 9.17) is 15.2 Å². The number of nitrogens with one attached hydrogen (secondary N) is 1. The molecule has 3 rings (SSSR count). The molecule has 0 fully saturated rings. The predicted octanol–water partition coefficient (Wildman–Crippen LogP) is 0.738. The molecule has 2 aromatic rings. The van der Waals surface area contributed by atoms with Gasteiger partial charge >= 0.3 is 0 Å². The van der Waals surface area contributed by atoms with Gasteiger partial charge in [-0.2, -0.15) is 0 Å². The third-order valence-electron chi connectivity index (χ3n) is 2.82. The lowest BCUT2D eigenvalue weighted by Crippen LogP contribution is -2.07. The summed E-state index contributed by atoms with van der Waals surface area (Å²) in [6.45, 7) is 0.835. The van der Waals surface area contributed by atoms with Gasteiger partial charge in [0.2, 0.25) is 18.7 Å². The molecule has 1 aromatic heterocycles. The van der Waals surface area contributed by atoms with Crippen LogP contribution >= 0.6 is 0 Å². The van der Waals surface area contributed by atoms with Crippen LogP contribution in [0, 0.1) is 0 Å². The maximum absolute atomic E-state index is 5.60. The van der Waals surface area contributed by atoms with Crippen LogP contribution in [0.1, 0.15) is 5.56 Å². The molecule has 94 valence electrons. The summed E-state index contributed by atoms with van der Waals surface area (Å²) in [5.74, 6) is 2.53. The van der Waals surface area contributed by atoms with E-state index in [1.165, 1.54) is 0 Å². The minimum atomic E-state index is 0.267. The Labute approximate surface area is 104 Å². The first-order chi connectivity index (χ1) is 8.75. The number of nitrogen functional groups attached to an aromatic ring is 1. The summed E-state index contributed by atoms with van der Waals surface area (Å²) >= 11 is 0. The zero-order valence-electron chi connectivity index (χ0n) is 9.88. The number of benzene rings is 1. The lowest BCUT2D eigenvalue weighted by atomic mass is 10.2. The molecule has 0 saturated carbocycles. The molecule has 1 aliphatic heterocycles. The monoisotopic (exact) mass is 247 g/mol. The van der Waals surface area contributed by atoms with Crippen molar-refractivity contribution in [2.24, 2.45) is 7.05 Å². The topological polar surface area (TPSA) is 87.2 Å². The number of anilines is 2. The summed E-state index contributed by atoms with van der Waals surface area (Å²) in [6.07, 6.45) is 0. The van der Waals surface area contributed by atoms with E-state index in [9.17, 15) is 0 Å². The summed E-state index contributed by atoms with van der Waals surface area (Å²) in [6, 6.07) is 5.78. The lowest BCUT2D eigenvalue weighted by molar-refractivity contribution is 0.173. The molecular formula is C11H13N5O2. The SMILES string of the molecule is Cn1c(N)nnc1NCc1cccc2c1OCO2. The second kappa shape index (κ2) is 4.10. The van der Waals surface area contributed by atoms with Crippen molar-refractivity contribution in [3.63, 3.8) is 0 Å². The first kappa shape index (κ1) is 10.7. The number of aromatic nitrogens is 3. The first-order valence-corrected chi connectivity index (χ1v) is 5.52. The number of para-hydroxylation sites is 1. The van der Waals surface area contributed by atoms with Gasteiger partial charge in [-0.1, -0.05) is 12.1 Å². The summed E-state index contributed by atoms with van der Waals surface area (Å²) in [7, 11) is 1.80. The van der Waals surface area contributed by atoms with Crippen LogP contribution in [0.25, 0.3) is 0 Å². The van der Waals surface area contributed by atoms with Gasteiger partial charge in [-0.3, -0.25) is 4.57 Å². The summed E-state index contributed by atoms with van der Waals surface area (Å²) in [5.41, 5.74) is 6.61. The van der Waals surface area contributed by atoms with E-state index in [1.807, 2.05) is 18.2 Å². The Bertz CT molecular complexity index is 581. The summed E-state index contributed by atoms with van der Waals surface area (Å²) < 4.78 is 12.4. The van der Waals surface area contributed by atoms with E-state index < -0.39 is 0 Å². The number of ether oxygens (including phenoxy) is 2. The fourth-order valence-corrected chi connectivity index (χ4v) is 1.80. The maximum atomic E-state index is 5.60. The van der Waals surface area contributed by atoms with Gasteiger partial charge in [0.25, 0.3) is 0 Å². The van der Waals surface area contributed by atoms with Crippen molar-refractivity contribution in [3.05, 3.63) is 23.8 Å². The van der Waals surface area contributed by atoms with E-state index in [0.717, 1.165) is 17.1 Å². The van der Waals surface area contributed by atoms with Crippen molar-refractivity contribution in [2.75, 3.05) is 17.8 Å². The fraction of sp³-hybridized carbons (Fsp3) is 0.273. The molecule has 3 N–H and O–H groups in total. The predicted molar refractivity (Wildman–Crippen MR) is 65.3 cm³/mol. The third kappa shape index (κ3) is 1.69. The van der Waals surface area contributed by atoms with E-state index >= 15 is 0 Å². The van der Waals surface area contributed by atoms with Crippen LogP contribution in [0.2, 0.25) is 0 Å². The second-order valence-electron chi connectivity index (χ2n) is 3.95. The van der Waals surface area contributed by atoms with Gasteiger partial charge in [0.05, 0.1) is 0 Å². The molecule has 2 heterocycles. The van der Waals surface area contributed by atoms with Crippen LogP contribution < -0.4 is 20.5 Å². The Morgan fingerprint density at radius 3 is 3.06 bits per heavy atom. The van der Waals surface area contributed by atoms with E-state index in [0.29, 0.717) is 18.4 Å². The van der Waals surface area contributed by atoms with Crippen molar-refractivity contribution >= 4 is 11.9 Å². The van der Waals surface area contributed by atoms with Crippen molar-refractivity contribution in [3.8, 4) is 11.5 Å². The van der Waals surface area contributed by atoms with Gasteiger partial charge in [-0.25, -0.2) is 0 Å². The van der Waals surface area contributed by atoms with Gasteiger partial charge in [-0.05, 0) is 6.07 Å². The van der Waals surface area contributed by atoms with Gasteiger partial charge < -0.3 is 20.5 Å². The molecular weight excluding hydrogens is 234 g/mol. The largest absolute Gasteiger partial charge is 0.454 e. The highest BCUT2D eigenvalue weighted by atomic mass is 16.7. The number of hydrogen-bond acceptors (Lipinski definition) is 6. The third-order valence-corrected chi connectivity index (χ3v) is 2.82. The normalized spacial score (nSPS) is 12.7.